The van der Waals surface area contributed by atoms with E-state index in [2.05, 4.69) is 35.9 Å². The molecule has 1 N–H and O–H groups in total. The number of fused-ring (bicyclic) bond motifs is 1. The Morgan fingerprint density at radius 2 is 1.67 bits per heavy atom. The summed E-state index contributed by atoms with van der Waals surface area (Å²) in [6.07, 6.45) is 0. The molecule has 33 heavy (non-hydrogen) atoms. The zero-order valence-corrected chi connectivity index (χ0v) is 19.2. The summed E-state index contributed by atoms with van der Waals surface area (Å²) < 4.78 is 13.2. The van der Waals surface area contributed by atoms with Crippen LogP contribution in [0.5, 0.6) is 11.5 Å². The van der Waals surface area contributed by atoms with E-state index in [1.54, 1.807) is 31.4 Å². The molecule has 6 heteroatoms. The van der Waals surface area contributed by atoms with Crippen molar-refractivity contribution in [2.45, 2.75) is 32.9 Å². The van der Waals surface area contributed by atoms with E-state index in [4.69, 9.17) is 14.5 Å². The average Bonchev–Trinajstić information content (AvgIpc) is 3.20. The molecule has 0 atom stereocenters. The van der Waals surface area contributed by atoms with E-state index < -0.39 is 0 Å². The van der Waals surface area contributed by atoms with Crippen molar-refractivity contribution in [3.63, 3.8) is 0 Å². The molecule has 4 aromatic rings. The van der Waals surface area contributed by atoms with Crippen molar-refractivity contribution in [3.8, 4) is 11.5 Å². The lowest BCUT2D eigenvalue weighted by atomic mass is 10.0. The van der Waals surface area contributed by atoms with Crippen molar-refractivity contribution >= 4 is 16.9 Å². The maximum absolute atomic E-state index is 12.6. The second-order valence-corrected chi connectivity index (χ2v) is 8.15. The Labute approximate surface area is 194 Å². The maximum Gasteiger partial charge on any atom is 0.251 e. The zero-order chi connectivity index (χ0) is 23.2. The van der Waals surface area contributed by atoms with Crippen LogP contribution in [-0.4, -0.2) is 29.2 Å². The Morgan fingerprint density at radius 3 is 2.36 bits per heavy atom. The number of carbonyl (C=O) groups is 1. The van der Waals surface area contributed by atoms with E-state index in [-0.39, 0.29) is 5.91 Å². The number of nitrogens with one attached hydrogen (secondary N) is 1. The molecule has 170 valence electrons. The van der Waals surface area contributed by atoms with Gasteiger partial charge in [0.2, 0.25) is 0 Å². The molecule has 0 spiro atoms. The Bertz CT molecular complexity index is 1210. The molecule has 4 rings (SSSR count). The first-order chi connectivity index (χ1) is 16.0. The first kappa shape index (κ1) is 22.4. The van der Waals surface area contributed by atoms with Crippen LogP contribution in [0.3, 0.4) is 0 Å². The second kappa shape index (κ2) is 10.2. The Kier molecular flexibility index (Phi) is 6.93. The van der Waals surface area contributed by atoms with Gasteiger partial charge in [0.05, 0.1) is 31.2 Å². The third-order valence-corrected chi connectivity index (χ3v) is 5.62. The molecule has 0 saturated carbocycles. The number of ether oxygens (including phenoxy) is 2. The van der Waals surface area contributed by atoms with Gasteiger partial charge in [-0.05, 0) is 60.0 Å². The molecule has 1 heterocycles. The summed E-state index contributed by atoms with van der Waals surface area (Å²) in [7, 11) is 1.60. The van der Waals surface area contributed by atoms with E-state index in [0.717, 1.165) is 22.6 Å². The quantitative estimate of drug-likeness (QED) is 0.387. The van der Waals surface area contributed by atoms with Gasteiger partial charge >= 0.3 is 0 Å². The monoisotopic (exact) mass is 443 g/mol. The van der Waals surface area contributed by atoms with Gasteiger partial charge in [0.15, 0.2) is 0 Å². The Hall–Kier alpha value is -3.80. The fraction of sp³-hybridized carbons (Fsp3) is 0.259. The first-order valence-corrected chi connectivity index (χ1v) is 11.1. The number of methoxy groups -OCH3 is 1. The Morgan fingerprint density at radius 1 is 0.970 bits per heavy atom. The number of imidazole rings is 1. The third kappa shape index (κ3) is 5.34. The summed E-state index contributed by atoms with van der Waals surface area (Å²) >= 11 is 0. The van der Waals surface area contributed by atoms with E-state index in [1.807, 2.05) is 36.4 Å². The highest BCUT2D eigenvalue weighted by atomic mass is 16.5. The second-order valence-electron chi connectivity index (χ2n) is 8.15. The van der Waals surface area contributed by atoms with Crippen LogP contribution in [0.25, 0.3) is 11.0 Å². The van der Waals surface area contributed by atoms with Crippen molar-refractivity contribution in [2.24, 2.45) is 0 Å². The fourth-order valence-electron chi connectivity index (χ4n) is 3.72. The summed E-state index contributed by atoms with van der Waals surface area (Å²) in [5, 5.41) is 2.98. The van der Waals surface area contributed by atoms with Crippen molar-refractivity contribution in [2.75, 3.05) is 13.7 Å². The maximum atomic E-state index is 12.6. The molecule has 0 bridgehead atoms. The van der Waals surface area contributed by atoms with Gasteiger partial charge in [-0.2, -0.15) is 0 Å². The van der Waals surface area contributed by atoms with Gasteiger partial charge in [0.1, 0.15) is 23.9 Å². The van der Waals surface area contributed by atoms with Crippen LogP contribution in [0.4, 0.5) is 0 Å². The smallest absolute Gasteiger partial charge is 0.251 e. The van der Waals surface area contributed by atoms with Gasteiger partial charge in [-0.25, -0.2) is 4.98 Å². The molecule has 1 amide bonds. The standard InChI is InChI=1S/C27H29N3O3/c1-19(2)20-8-14-23(15-9-20)33-17-16-30-25-7-5-4-6-24(25)29-26(30)18-28-27(31)21-10-12-22(32-3)13-11-21/h4-15,19H,16-18H2,1-3H3,(H,28,31). The highest BCUT2D eigenvalue weighted by molar-refractivity contribution is 5.94. The highest BCUT2D eigenvalue weighted by Crippen LogP contribution is 2.20. The number of amides is 1. The normalized spacial score (nSPS) is 11.0. The number of hydrogen-bond acceptors (Lipinski definition) is 4. The van der Waals surface area contributed by atoms with E-state index in [1.165, 1.54) is 5.56 Å². The van der Waals surface area contributed by atoms with E-state index in [0.29, 0.717) is 36.9 Å². The number of nitrogens with zero attached hydrogens (tertiary/aromatic N) is 2. The largest absolute Gasteiger partial charge is 0.497 e. The lowest BCUT2D eigenvalue weighted by Gasteiger charge is -2.12. The minimum atomic E-state index is -0.155. The highest BCUT2D eigenvalue weighted by Gasteiger charge is 2.13. The van der Waals surface area contributed by atoms with Gasteiger partial charge in [-0.15, -0.1) is 0 Å². The lowest BCUT2D eigenvalue weighted by Crippen LogP contribution is -2.25. The van der Waals surface area contributed by atoms with Crippen molar-refractivity contribution in [1.29, 1.82) is 0 Å². The summed E-state index contributed by atoms with van der Waals surface area (Å²) in [5.41, 5.74) is 3.78. The van der Waals surface area contributed by atoms with Gasteiger partial charge in [-0.1, -0.05) is 38.1 Å². The van der Waals surface area contributed by atoms with Crippen molar-refractivity contribution < 1.29 is 14.3 Å². The van der Waals surface area contributed by atoms with Crippen molar-refractivity contribution in [3.05, 3.63) is 89.7 Å². The molecule has 0 aliphatic heterocycles. The summed E-state index contributed by atoms with van der Waals surface area (Å²) in [6.45, 7) is 5.80. The van der Waals surface area contributed by atoms with Crippen molar-refractivity contribution in [1.82, 2.24) is 14.9 Å². The van der Waals surface area contributed by atoms with Crippen LogP contribution in [0.2, 0.25) is 0 Å². The number of aromatic nitrogens is 2. The number of para-hydroxylation sites is 2. The molecule has 0 radical (unpaired) electrons. The molecular formula is C27H29N3O3. The van der Waals surface area contributed by atoms with Crippen LogP contribution < -0.4 is 14.8 Å². The number of carbonyl (C=O) groups excluding carboxylic acids is 1. The molecule has 1 aromatic heterocycles. The van der Waals surface area contributed by atoms with Crippen LogP contribution >= 0.6 is 0 Å². The molecule has 0 aliphatic rings. The van der Waals surface area contributed by atoms with Crippen LogP contribution in [0.15, 0.2) is 72.8 Å². The molecule has 3 aromatic carbocycles. The van der Waals surface area contributed by atoms with Gasteiger partial charge in [-0.3, -0.25) is 4.79 Å². The predicted molar refractivity (Wildman–Crippen MR) is 130 cm³/mol. The fourth-order valence-corrected chi connectivity index (χ4v) is 3.72. The first-order valence-electron chi connectivity index (χ1n) is 11.1. The topological polar surface area (TPSA) is 65.4 Å². The molecular weight excluding hydrogens is 414 g/mol. The number of rotatable bonds is 9. The van der Waals surface area contributed by atoms with Gasteiger partial charge < -0.3 is 19.4 Å². The van der Waals surface area contributed by atoms with Crippen LogP contribution in [0.1, 0.15) is 41.5 Å². The number of hydrogen-bond donors (Lipinski definition) is 1. The third-order valence-electron chi connectivity index (χ3n) is 5.62. The van der Waals surface area contributed by atoms with Gasteiger partial charge in [0.25, 0.3) is 5.91 Å². The summed E-state index contributed by atoms with van der Waals surface area (Å²) in [5.74, 6) is 2.69. The predicted octanol–water partition coefficient (Wildman–Crippen LogP) is 5.18. The molecule has 6 nitrogen and oxygen atoms in total. The van der Waals surface area contributed by atoms with Crippen LogP contribution in [-0.2, 0) is 13.1 Å². The Balaban J connectivity index is 1.44. The van der Waals surface area contributed by atoms with E-state index in [9.17, 15) is 4.79 Å². The van der Waals surface area contributed by atoms with E-state index >= 15 is 0 Å². The number of benzene rings is 3. The van der Waals surface area contributed by atoms with Gasteiger partial charge in [0, 0.05) is 5.56 Å². The lowest BCUT2D eigenvalue weighted by molar-refractivity contribution is 0.0949. The molecule has 0 saturated heterocycles. The molecule has 0 fully saturated rings. The SMILES string of the molecule is COc1ccc(C(=O)NCc2nc3ccccc3n2CCOc2ccc(C(C)C)cc2)cc1. The summed E-state index contributed by atoms with van der Waals surface area (Å²) in [4.78, 5) is 17.3. The minimum Gasteiger partial charge on any atom is -0.497 e. The average molecular weight is 444 g/mol. The minimum absolute atomic E-state index is 0.155. The molecule has 0 unspecified atom stereocenters. The zero-order valence-electron chi connectivity index (χ0n) is 19.2. The van der Waals surface area contributed by atoms with Crippen LogP contribution in [0, 0.1) is 0 Å². The summed E-state index contributed by atoms with van der Waals surface area (Å²) in [6, 6.07) is 23.2. The molecule has 0 aliphatic carbocycles.